The number of aromatic nitrogens is 1. The fourth-order valence-corrected chi connectivity index (χ4v) is 4.93. The third kappa shape index (κ3) is 8.32. The summed E-state index contributed by atoms with van der Waals surface area (Å²) in [7, 11) is 0. The fraction of sp³-hybridized carbons (Fsp3) is 0.581. The maximum absolute atomic E-state index is 4.97. The summed E-state index contributed by atoms with van der Waals surface area (Å²) in [5.74, 6) is 0. The predicted octanol–water partition coefficient (Wildman–Crippen LogP) is 9.70. The summed E-state index contributed by atoms with van der Waals surface area (Å²) >= 11 is 0. The molecule has 1 heterocycles. The highest BCUT2D eigenvalue weighted by molar-refractivity contribution is 5.99. The van der Waals surface area contributed by atoms with Crippen molar-refractivity contribution in [3.63, 3.8) is 0 Å². The van der Waals surface area contributed by atoms with Gasteiger partial charge in [0.1, 0.15) is 0 Å². The minimum Gasteiger partial charge on any atom is -0.371 e. The lowest BCUT2D eigenvalue weighted by Crippen LogP contribution is -2.26. The monoisotopic (exact) mass is 446 g/mol. The van der Waals surface area contributed by atoms with Crippen molar-refractivity contribution in [1.82, 2.24) is 4.98 Å². The van der Waals surface area contributed by atoms with E-state index in [1.807, 2.05) is 0 Å². The van der Waals surface area contributed by atoms with E-state index in [2.05, 4.69) is 67.3 Å². The second-order valence-electron chi connectivity index (χ2n) is 9.75. The lowest BCUT2D eigenvalue weighted by Gasteiger charge is -2.26. The summed E-state index contributed by atoms with van der Waals surface area (Å²) in [6, 6.07) is 17.6. The number of para-hydroxylation sites is 1. The molecule has 0 amide bonds. The van der Waals surface area contributed by atoms with Crippen LogP contribution in [0.3, 0.4) is 0 Å². The highest BCUT2D eigenvalue weighted by Gasteiger charge is 2.12. The molecule has 2 heteroatoms. The van der Waals surface area contributed by atoms with Crippen molar-refractivity contribution in [2.75, 3.05) is 18.0 Å². The molecule has 0 aliphatic rings. The van der Waals surface area contributed by atoms with E-state index >= 15 is 0 Å². The zero-order valence-corrected chi connectivity index (χ0v) is 21.3. The van der Waals surface area contributed by atoms with Crippen molar-refractivity contribution < 1.29 is 0 Å². The van der Waals surface area contributed by atoms with Crippen molar-refractivity contribution in [1.29, 1.82) is 0 Å². The Bertz CT molecular complexity index is 915. The first kappa shape index (κ1) is 25.5. The predicted molar refractivity (Wildman–Crippen MR) is 147 cm³/mol. The van der Waals surface area contributed by atoms with E-state index in [1.54, 1.807) is 0 Å². The van der Waals surface area contributed by atoms with Crippen molar-refractivity contribution in [2.45, 2.75) is 104 Å². The number of unbranched alkanes of at least 4 members (excludes halogenated alkanes) is 12. The average Bonchev–Trinajstić information content (AvgIpc) is 2.85. The minimum atomic E-state index is 1.09. The van der Waals surface area contributed by atoms with E-state index < -0.39 is 0 Å². The first-order valence-corrected chi connectivity index (χ1v) is 13.9. The van der Waals surface area contributed by atoms with Gasteiger partial charge in [0, 0.05) is 29.5 Å². The molecular formula is C31H46N2. The molecule has 0 aliphatic carbocycles. The fourth-order valence-electron chi connectivity index (χ4n) is 4.93. The van der Waals surface area contributed by atoms with Crippen molar-refractivity contribution in [2.24, 2.45) is 0 Å². The molecule has 180 valence electrons. The SMILES string of the molecule is CCCCCCCCCN(CCCCCCCCC)c1cccc2nc3ccccc3cc12. The first-order valence-electron chi connectivity index (χ1n) is 13.9. The van der Waals surface area contributed by atoms with Crippen LogP contribution in [0.15, 0.2) is 48.5 Å². The molecule has 0 fully saturated rings. The molecular weight excluding hydrogens is 400 g/mol. The van der Waals surface area contributed by atoms with E-state index in [-0.39, 0.29) is 0 Å². The summed E-state index contributed by atoms with van der Waals surface area (Å²) in [5, 5.41) is 2.55. The third-order valence-electron chi connectivity index (χ3n) is 6.94. The number of benzene rings is 2. The van der Waals surface area contributed by atoms with Gasteiger partial charge in [-0.05, 0) is 37.1 Å². The molecule has 0 spiro atoms. The van der Waals surface area contributed by atoms with E-state index in [0.29, 0.717) is 0 Å². The zero-order chi connectivity index (χ0) is 23.1. The lowest BCUT2D eigenvalue weighted by atomic mass is 10.1. The molecule has 0 aliphatic heterocycles. The average molecular weight is 447 g/mol. The summed E-state index contributed by atoms with van der Waals surface area (Å²) in [6.07, 6.45) is 19.1. The number of anilines is 1. The smallest absolute Gasteiger partial charge is 0.0730 e. The maximum Gasteiger partial charge on any atom is 0.0730 e. The van der Waals surface area contributed by atoms with Gasteiger partial charge in [0.15, 0.2) is 0 Å². The Kier molecular flexibility index (Phi) is 11.6. The van der Waals surface area contributed by atoms with E-state index in [0.717, 1.165) is 24.1 Å². The Morgan fingerprint density at radius 1 is 0.576 bits per heavy atom. The van der Waals surface area contributed by atoms with Gasteiger partial charge in [-0.25, -0.2) is 4.98 Å². The summed E-state index contributed by atoms with van der Waals surface area (Å²) in [6.45, 7) is 6.92. The number of nitrogens with zero attached hydrogens (tertiary/aromatic N) is 2. The lowest BCUT2D eigenvalue weighted by molar-refractivity contribution is 0.564. The molecule has 0 N–H and O–H groups in total. The molecule has 3 aromatic rings. The number of hydrogen-bond acceptors (Lipinski definition) is 2. The van der Waals surface area contributed by atoms with Crippen LogP contribution in [-0.4, -0.2) is 18.1 Å². The second-order valence-corrected chi connectivity index (χ2v) is 9.75. The third-order valence-corrected chi connectivity index (χ3v) is 6.94. The van der Waals surface area contributed by atoms with Gasteiger partial charge < -0.3 is 4.90 Å². The maximum atomic E-state index is 4.97. The van der Waals surface area contributed by atoms with E-state index in [4.69, 9.17) is 4.98 Å². The van der Waals surface area contributed by atoms with Crippen LogP contribution in [0.25, 0.3) is 21.8 Å². The quantitative estimate of drug-likeness (QED) is 0.151. The van der Waals surface area contributed by atoms with Gasteiger partial charge in [-0.2, -0.15) is 0 Å². The highest BCUT2D eigenvalue weighted by atomic mass is 15.1. The molecule has 33 heavy (non-hydrogen) atoms. The highest BCUT2D eigenvalue weighted by Crippen LogP contribution is 2.29. The van der Waals surface area contributed by atoms with Crippen molar-refractivity contribution in [3.8, 4) is 0 Å². The topological polar surface area (TPSA) is 16.1 Å². The zero-order valence-electron chi connectivity index (χ0n) is 21.3. The van der Waals surface area contributed by atoms with E-state index in [1.165, 1.54) is 106 Å². The van der Waals surface area contributed by atoms with E-state index in [9.17, 15) is 0 Å². The molecule has 2 nitrogen and oxygen atoms in total. The summed E-state index contributed by atoms with van der Waals surface area (Å²) in [4.78, 5) is 7.63. The Labute approximate surface area is 202 Å². The van der Waals surface area contributed by atoms with Crippen molar-refractivity contribution >= 4 is 27.5 Å². The summed E-state index contributed by atoms with van der Waals surface area (Å²) in [5.41, 5.74) is 3.59. The minimum absolute atomic E-state index is 1.09. The molecule has 0 unspecified atom stereocenters. The standard InChI is InChI=1S/C31H46N2/c1-3-5-7-9-11-13-17-24-33(25-18-14-12-10-8-6-4-2)31-23-19-22-30-28(31)26-27-20-15-16-21-29(27)32-30/h15-16,19-23,26H,3-14,17-18,24-25H2,1-2H3. The summed E-state index contributed by atoms with van der Waals surface area (Å²) < 4.78 is 0. The van der Waals surface area contributed by atoms with Gasteiger partial charge in [-0.1, -0.05) is 115 Å². The molecule has 0 radical (unpaired) electrons. The van der Waals surface area contributed by atoms with Gasteiger partial charge in [0.05, 0.1) is 11.0 Å². The van der Waals surface area contributed by atoms with Gasteiger partial charge in [0.25, 0.3) is 0 Å². The number of fused-ring (bicyclic) bond motifs is 2. The Morgan fingerprint density at radius 2 is 1.12 bits per heavy atom. The van der Waals surface area contributed by atoms with Crippen LogP contribution in [0.5, 0.6) is 0 Å². The van der Waals surface area contributed by atoms with Crippen molar-refractivity contribution in [3.05, 3.63) is 48.5 Å². The van der Waals surface area contributed by atoms with Crippen LogP contribution in [0.4, 0.5) is 5.69 Å². The van der Waals surface area contributed by atoms with Crippen LogP contribution in [0, 0.1) is 0 Å². The number of rotatable bonds is 17. The van der Waals surface area contributed by atoms with Crippen LogP contribution in [0.1, 0.15) is 104 Å². The molecule has 2 aromatic carbocycles. The van der Waals surface area contributed by atoms with Gasteiger partial charge in [-0.15, -0.1) is 0 Å². The van der Waals surface area contributed by atoms with Crippen LogP contribution in [-0.2, 0) is 0 Å². The Hall–Kier alpha value is -2.09. The van der Waals surface area contributed by atoms with Crippen LogP contribution < -0.4 is 4.90 Å². The largest absolute Gasteiger partial charge is 0.371 e. The molecule has 0 bridgehead atoms. The van der Waals surface area contributed by atoms with Gasteiger partial charge >= 0.3 is 0 Å². The normalized spacial score (nSPS) is 11.5. The number of pyridine rings is 1. The Balaban J connectivity index is 1.66. The molecule has 0 saturated heterocycles. The molecule has 3 rings (SSSR count). The van der Waals surface area contributed by atoms with Gasteiger partial charge in [-0.3, -0.25) is 0 Å². The first-order chi connectivity index (χ1) is 16.3. The van der Waals surface area contributed by atoms with Crippen LogP contribution in [0.2, 0.25) is 0 Å². The molecule has 1 aromatic heterocycles. The molecule has 0 saturated carbocycles. The number of hydrogen-bond donors (Lipinski definition) is 0. The molecule has 0 atom stereocenters. The second kappa shape index (κ2) is 14.9. The Morgan fingerprint density at radius 3 is 1.76 bits per heavy atom. The van der Waals surface area contributed by atoms with Gasteiger partial charge in [0.2, 0.25) is 0 Å². The van der Waals surface area contributed by atoms with Crippen LogP contribution >= 0.6 is 0 Å².